The van der Waals surface area contributed by atoms with Crippen molar-refractivity contribution in [1.82, 2.24) is 0 Å². The second kappa shape index (κ2) is 12.4. The SMILES string of the molecule is CC1C(C)C(C)C(C)C1C.CC1C(C)C(C)C(C)C1C.[CH2-]C(C)C.[Zr+3]. The fourth-order valence-corrected chi connectivity index (χ4v) is 4.79. The van der Waals surface area contributed by atoms with Gasteiger partial charge >= 0.3 is 26.2 Å². The minimum Gasteiger partial charge on any atom is -0.341 e. The van der Waals surface area contributed by atoms with Crippen LogP contribution >= 0.6 is 0 Å². The van der Waals surface area contributed by atoms with Crippen LogP contribution in [0.25, 0.3) is 0 Å². The zero-order valence-corrected chi connectivity index (χ0v) is 22.0. The Balaban J connectivity index is 0. The molecule has 1 radical (unpaired) electrons. The van der Waals surface area contributed by atoms with E-state index in [0.29, 0.717) is 5.92 Å². The van der Waals surface area contributed by atoms with Crippen LogP contribution in [-0.2, 0) is 26.2 Å². The predicted molar refractivity (Wildman–Crippen MR) is 112 cm³/mol. The van der Waals surface area contributed by atoms with Crippen molar-refractivity contribution in [3.05, 3.63) is 6.92 Å². The van der Waals surface area contributed by atoms with E-state index < -0.39 is 0 Å². The van der Waals surface area contributed by atoms with E-state index in [0.717, 1.165) is 59.2 Å². The largest absolute Gasteiger partial charge is 3.00 e. The monoisotopic (exact) mass is 427 g/mol. The van der Waals surface area contributed by atoms with Crippen LogP contribution in [0.2, 0.25) is 0 Å². The summed E-state index contributed by atoms with van der Waals surface area (Å²) < 4.78 is 0. The third kappa shape index (κ3) is 7.80. The molecule has 2 rings (SSSR count). The molecule has 0 atom stereocenters. The molecule has 0 amide bonds. The van der Waals surface area contributed by atoms with Crippen LogP contribution in [0.1, 0.15) is 83.1 Å². The molecule has 0 aromatic heterocycles. The minimum atomic E-state index is 0. The van der Waals surface area contributed by atoms with E-state index in [1.807, 2.05) is 0 Å². The maximum absolute atomic E-state index is 3.64. The van der Waals surface area contributed by atoms with Crippen LogP contribution in [0.3, 0.4) is 0 Å². The zero-order chi connectivity index (χ0) is 19.4. The molecule has 0 unspecified atom stereocenters. The van der Waals surface area contributed by atoms with Crippen LogP contribution in [0, 0.1) is 72.0 Å². The van der Waals surface area contributed by atoms with Crippen molar-refractivity contribution in [3.8, 4) is 0 Å². The first-order valence-electron chi connectivity index (χ1n) is 10.7. The van der Waals surface area contributed by atoms with Crippen LogP contribution < -0.4 is 0 Å². The molecule has 2 saturated carbocycles. The average Bonchev–Trinajstić information content (AvgIpc) is 2.78. The third-order valence-corrected chi connectivity index (χ3v) is 8.29. The summed E-state index contributed by atoms with van der Waals surface area (Å²) in [6.07, 6.45) is 0. The van der Waals surface area contributed by atoms with Gasteiger partial charge in [0.25, 0.3) is 0 Å². The molecule has 0 aromatic rings. The van der Waals surface area contributed by atoms with Gasteiger partial charge in [-0.3, -0.25) is 0 Å². The molecule has 0 heterocycles. The van der Waals surface area contributed by atoms with Crippen LogP contribution in [-0.4, -0.2) is 0 Å². The van der Waals surface area contributed by atoms with Crippen LogP contribution in [0.5, 0.6) is 0 Å². The summed E-state index contributed by atoms with van der Waals surface area (Å²) >= 11 is 0. The van der Waals surface area contributed by atoms with Crippen LogP contribution in [0.4, 0.5) is 0 Å². The summed E-state index contributed by atoms with van der Waals surface area (Å²) in [6.45, 7) is 31.7. The minimum absolute atomic E-state index is 0. The first kappa shape index (κ1) is 28.1. The molecular weight excluding hydrogens is 379 g/mol. The fourth-order valence-electron chi connectivity index (χ4n) is 4.79. The number of hydrogen-bond donors (Lipinski definition) is 0. The molecule has 2 aliphatic rings. The molecule has 1 heteroatoms. The third-order valence-electron chi connectivity index (χ3n) is 8.29. The molecule has 0 aromatic carbocycles. The van der Waals surface area contributed by atoms with Crippen molar-refractivity contribution >= 4 is 0 Å². The molecule has 25 heavy (non-hydrogen) atoms. The Bertz CT molecular complexity index is 215. The molecule has 0 bridgehead atoms. The number of hydrogen-bond acceptors (Lipinski definition) is 0. The molecule has 0 N–H and O–H groups in total. The molecule has 147 valence electrons. The van der Waals surface area contributed by atoms with Crippen molar-refractivity contribution < 1.29 is 26.2 Å². The van der Waals surface area contributed by atoms with E-state index in [9.17, 15) is 0 Å². The van der Waals surface area contributed by atoms with Crippen molar-refractivity contribution in [1.29, 1.82) is 0 Å². The van der Waals surface area contributed by atoms with Gasteiger partial charge in [0.05, 0.1) is 0 Å². The van der Waals surface area contributed by atoms with Gasteiger partial charge in [0.2, 0.25) is 0 Å². The van der Waals surface area contributed by atoms with Gasteiger partial charge in [-0.25, -0.2) is 0 Å². The summed E-state index contributed by atoms with van der Waals surface area (Å²) in [5.74, 6) is 9.94. The molecule has 0 saturated heterocycles. The Morgan fingerprint density at radius 1 is 0.400 bits per heavy atom. The van der Waals surface area contributed by atoms with E-state index in [-0.39, 0.29) is 26.2 Å². The van der Waals surface area contributed by atoms with Gasteiger partial charge in [0.15, 0.2) is 0 Å². The topological polar surface area (TPSA) is 0 Å². The smallest absolute Gasteiger partial charge is 0.341 e. The average molecular weight is 429 g/mol. The molecule has 0 spiro atoms. The van der Waals surface area contributed by atoms with Crippen molar-refractivity contribution in [2.75, 3.05) is 0 Å². The summed E-state index contributed by atoms with van der Waals surface area (Å²) in [5, 5.41) is 0. The molecule has 2 aliphatic carbocycles. The second-order valence-electron chi connectivity index (χ2n) is 9.99. The first-order chi connectivity index (χ1) is 10.8. The van der Waals surface area contributed by atoms with E-state index in [1.54, 1.807) is 0 Å². The van der Waals surface area contributed by atoms with Gasteiger partial charge in [-0.2, -0.15) is 5.92 Å². The second-order valence-corrected chi connectivity index (χ2v) is 9.99. The van der Waals surface area contributed by atoms with E-state index in [2.05, 4.69) is 90.0 Å². The van der Waals surface area contributed by atoms with Gasteiger partial charge < -0.3 is 6.92 Å². The van der Waals surface area contributed by atoms with Crippen molar-refractivity contribution in [2.24, 2.45) is 65.1 Å². The fraction of sp³-hybridized carbons (Fsp3) is 0.958. The van der Waals surface area contributed by atoms with Gasteiger partial charge in [-0.1, -0.05) is 83.1 Å². The van der Waals surface area contributed by atoms with Crippen molar-refractivity contribution in [2.45, 2.75) is 83.1 Å². The Morgan fingerprint density at radius 2 is 0.440 bits per heavy atom. The molecule has 0 aliphatic heterocycles. The standard InChI is InChI=1S/2C10H20.C4H9.Zr/c2*1-6-7(2)9(4)10(5)8(6)3;1-4(2)3;/h2*6-10H,1-5H3;4H,1H2,2-3H3;/q;;-1;+3. The van der Waals surface area contributed by atoms with Gasteiger partial charge in [-0.05, 0) is 59.2 Å². The molecule has 2 fully saturated rings. The summed E-state index contributed by atoms with van der Waals surface area (Å²) in [5.41, 5.74) is 0. The zero-order valence-electron chi connectivity index (χ0n) is 19.6. The normalized spacial score (nSPS) is 45.8. The van der Waals surface area contributed by atoms with Gasteiger partial charge in [0, 0.05) is 0 Å². The van der Waals surface area contributed by atoms with E-state index in [1.165, 1.54) is 0 Å². The van der Waals surface area contributed by atoms with Gasteiger partial charge in [0.1, 0.15) is 0 Å². The van der Waals surface area contributed by atoms with Crippen LogP contribution in [0.15, 0.2) is 0 Å². The summed E-state index contributed by atoms with van der Waals surface area (Å²) in [4.78, 5) is 0. The summed E-state index contributed by atoms with van der Waals surface area (Å²) in [7, 11) is 0. The Labute approximate surface area is 180 Å². The predicted octanol–water partition coefficient (Wildman–Crippen LogP) is 7.83. The van der Waals surface area contributed by atoms with Crippen molar-refractivity contribution in [3.63, 3.8) is 0 Å². The van der Waals surface area contributed by atoms with E-state index in [4.69, 9.17) is 0 Å². The molecule has 0 nitrogen and oxygen atoms in total. The first-order valence-corrected chi connectivity index (χ1v) is 10.7. The molecular formula is C24H49Zr+2. The quantitative estimate of drug-likeness (QED) is 0.345. The Hall–Kier alpha value is 0.883. The Morgan fingerprint density at radius 3 is 0.480 bits per heavy atom. The summed E-state index contributed by atoms with van der Waals surface area (Å²) in [6, 6.07) is 0. The van der Waals surface area contributed by atoms with Gasteiger partial charge in [-0.15, -0.1) is 0 Å². The number of rotatable bonds is 0. The maximum Gasteiger partial charge on any atom is 3.00 e. The van der Waals surface area contributed by atoms with E-state index >= 15 is 0 Å². The maximum atomic E-state index is 3.64. The Kier molecular flexibility index (Phi) is 13.9.